The number of pyridine rings is 1. The standard InChI is InChI=1S/C13H15N3O4S/c1-21(17,18)16-5-4-15-13-10-7-12-11(19-8-20-12)6-9(10)2-3-14-13/h2-3,6-7,16H,4-5,8H2,1H3,(H,14,15). The highest BCUT2D eigenvalue weighted by molar-refractivity contribution is 7.88. The van der Waals surface area contributed by atoms with Crippen LogP contribution in [0.25, 0.3) is 10.8 Å². The van der Waals surface area contributed by atoms with Gasteiger partial charge in [-0.1, -0.05) is 0 Å². The van der Waals surface area contributed by atoms with Crippen LogP contribution in [0.15, 0.2) is 24.4 Å². The molecule has 1 aliphatic heterocycles. The van der Waals surface area contributed by atoms with Crippen molar-refractivity contribution in [2.45, 2.75) is 0 Å². The first-order valence-corrected chi connectivity index (χ1v) is 8.29. The molecule has 0 aliphatic carbocycles. The fraction of sp³-hybridized carbons (Fsp3) is 0.308. The quantitative estimate of drug-likeness (QED) is 0.799. The number of sulfonamides is 1. The fourth-order valence-electron chi connectivity index (χ4n) is 2.12. The van der Waals surface area contributed by atoms with Crippen molar-refractivity contribution in [1.29, 1.82) is 0 Å². The molecule has 0 bridgehead atoms. The van der Waals surface area contributed by atoms with Crippen molar-refractivity contribution in [3.05, 3.63) is 24.4 Å². The lowest BCUT2D eigenvalue weighted by atomic mass is 10.1. The van der Waals surface area contributed by atoms with E-state index in [0.717, 1.165) is 22.8 Å². The molecule has 21 heavy (non-hydrogen) atoms. The summed E-state index contributed by atoms with van der Waals surface area (Å²) in [5.41, 5.74) is 0. The summed E-state index contributed by atoms with van der Waals surface area (Å²) in [6.45, 7) is 0.954. The van der Waals surface area contributed by atoms with Gasteiger partial charge in [0.25, 0.3) is 0 Å². The van der Waals surface area contributed by atoms with E-state index in [1.54, 1.807) is 6.20 Å². The number of anilines is 1. The molecule has 0 unspecified atom stereocenters. The average Bonchev–Trinajstić information content (AvgIpc) is 2.87. The van der Waals surface area contributed by atoms with Crippen molar-refractivity contribution in [3.8, 4) is 11.5 Å². The molecule has 0 fully saturated rings. The van der Waals surface area contributed by atoms with Gasteiger partial charge in [0.1, 0.15) is 5.82 Å². The van der Waals surface area contributed by atoms with Crippen molar-refractivity contribution < 1.29 is 17.9 Å². The van der Waals surface area contributed by atoms with E-state index in [4.69, 9.17) is 9.47 Å². The number of rotatable bonds is 5. The predicted octanol–water partition coefficient (Wildman–Crippen LogP) is 0.925. The molecule has 0 saturated heterocycles. The van der Waals surface area contributed by atoms with Crippen molar-refractivity contribution in [2.75, 3.05) is 31.5 Å². The molecule has 2 heterocycles. The Labute approximate surface area is 122 Å². The van der Waals surface area contributed by atoms with Gasteiger partial charge in [-0.25, -0.2) is 18.1 Å². The Balaban J connectivity index is 1.79. The molecular weight excluding hydrogens is 294 g/mol. The van der Waals surface area contributed by atoms with Gasteiger partial charge < -0.3 is 14.8 Å². The zero-order valence-corrected chi connectivity index (χ0v) is 12.2. The summed E-state index contributed by atoms with van der Waals surface area (Å²) in [4.78, 5) is 4.28. The largest absolute Gasteiger partial charge is 0.454 e. The zero-order valence-electron chi connectivity index (χ0n) is 11.4. The molecular formula is C13H15N3O4S. The molecule has 0 spiro atoms. The van der Waals surface area contributed by atoms with E-state index in [-0.39, 0.29) is 6.79 Å². The van der Waals surface area contributed by atoms with E-state index in [2.05, 4.69) is 15.0 Å². The van der Waals surface area contributed by atoms with Gasteiger partial charge in [-0.15, -0.1) is 0 Å². The van der Waals surface area contributed by atoms with Crippen LogP contribution in [0.2, 0.25) is 0 Å². The first-order valence-electron chi connectivity index (χ1n) is 6.40. The molecule has 8 heteroatoms. The van der Waals surface area contributed by atoms with E-state index < -0.39 is 10.0 Å². The lowest BCUT2D eigenvalue weighted by Crippen LogP contribution is -2.27. The third-order valence-corrected chi connectivity index (χ3v) is 3.77. The Morgan fingerprint density at radius 2 is 2.00 bits per heavy atom. The molecule has 1 aromatic carbocycles. The number of aromatic nitrogens is 1. The lowest BCUT2D eigenvalue weighted by Gasteiger charge is -2.09. The number of fused-ring (bicyclic) bond motifs is 2. The number of nitrogens with one attached hydrogen (secondary N) is 2. The van der Waals surface area contributed by atoms with Gasteiger partial charge in [-0.05, 0) is 23.6 Å². The topological polar surface area (TPSA) is 89.6 Å². The maximum absolute atomic E-state index is 11.0. The summed E-state index contributed by atoms with van der Waals surface area (Å²) in [5.74, 6) is 2.09. The molecule has 7 nitrogen and oxygen atoms in total. The molecule has 0 atom stereocenters. The third-order valence-electron chi connectivity index (χ3n) is 3.04. The molecule has 2 aromatic rings. The molecule has 1 aliphatic rings. The van der Waals surface area contributed by atoms with Crippen LogP contribution in [-0.2, 0) is 10.0 Å². The van der Waals surface area contributed by atoms with E-state index in [1.165, 1.54) is 0 Å². The average molecular weight is 309 g/mol. The van der Waals surface area contributed by atoms with Crippen molar-refractivity contribution >= 4 is 26.6 Å². The summed E-state index contributed by atoms with van der Waals surface area (Å²) >= 11 is 0. The molecule has 0 radical (unpaired) electrons. The van der Waals surface area contributed by atoms with Crippen LogP contribution in [0.5, 0.6) is 11.5 Å². The van der Waals surface area contributed by atoms with Gasteiger partial charge in [-0.2, -0.15) is 0 Å². The predicted molar refractivity (Wildman–Crippen MR) is 79.2 cm³/mol. The van der Waals surface area contributed by atoms with Crippen LogP contribution in [0.4, 0.5) is 5.82 Å². The number of ether oxygens (including phenoxy) is 2. The van der Waals surface area contributed by atoms with Gasteiger partial charge in [0.05, 0.1) is 6.26 Å². The van der Waals surface area contributed by atoms with Gasteiger partial charge in [0.2, 0.25) is 16.8 Å². The number of benzene rings is 1. The van der Waals surface area contributed by atoms with Gasteiger partial charge in [-0.3, -0.25) is 0 Å². The second-order valence-electron chi connectivity index (χ2n) is 4.68. The molecule has 2 N–H and O–H groups in total. The van der Waals surface area contributed by atoms with Crippen LogP contribution in [0.1, 0.15) is 0 Å². The summed E-state index contributed by atoms with van der Waals surface area (Å²) < 4.78 is 35.1. The Morgan fingerprint density at radius 1 is 1.24 bits per heavy atom. The second kappa shape index (κ2) is 5.38. The minimum absolute atomic E-state index is 0.222. The van der Waals surface area contributed by atoms with Crippen molar-refractivity contribution in [3.63, 3.8) is 0 Å². The van der Waals surface area contributed by atoms with Gasteiger partial charge in [0.15, 0.2) is 11.5 Å². The zero-order chi connectivity index (χ0) is 14.9. The maximum atomic E-state index is 11.0. The SMILES string of the molecule is CS(=O)(=O)NCCNc1nccc2cc3c(cc12)OCO3. The van der Waals surface area contributed by atoms with Crippen LogP contribution in [0.3, 0.4) is 0 Å². The Hall–Kier alpha value is -2.06. The normalized spacial score (nSPS) is 13.6. The van der Waals surface area contributed by atoms with E-state index in [9.17, 15) is 8.42 Å². The molecule has 1 aromatic heterocycles. The molecule has 0 saturated carbocycles. The molecule has 0 amide bonds. The number of nitrogens with zero attached hydrogens (tertiary/aromatic N) is 1. The summed E-state index contributed by atoms with van der Waals surface area (Å²) in [5, 5.41) is 5.00. The van der Waals surface area contributed by atoms with Crippen LogP contribution in [0, 0.1) is 0 Å². The first-order chi connectivity index (χ1) is 10.0. The monoisotopic (exact) mass is 309 g/mol. The fourth-order valence-corrected chi connectivity index (χ4v) is 2.59. The van der Waals surface area contributed by atoms with E-state index in [1.807, 2.05) is 18.2 Å². The highest BCUT2D eigenvalue weighted by atomic mass is 32.2. The van der Waals surface area contributed by atoms with Gasteiger partial charge >= 0.3 is 0 Å². The summed E-state index contributed by atoms with van der Waals surface area (Å²) in [6.07, 6.45) is 2.82. The van der Waals surface area contributed by atoms with Crippen LogP contribution < -0.4 is 19.5 Å². The highest BCUT2D eigenvalue weighted by Gasteiger charge is 2.15. The minimum atomic E-state index is -3.18. The first kappa shape index (κ1) is 13.9. The molecule has 3 rings (SSSR count). The van der Waals surface area contributed by atoms with Crippen molar-refractivity contribution in [2.24, 2.45) is 0 Å². The Kier molecular flexibility index (Phi) is 3.56. The smallest absolute Gasteiger partial charge is 0.231 e. The summed E-state index contributed by atoms with van der Waals surface area (Å²) in [6, 6.07) is 5.66. The highest BCUT2D eigenvalue weighted by Crippen LogP contribution is 2.37. The lowest BCUT2D eigenvalue weighted by molar-refractivity contribution is 0.174. The third kappa shape index (κ3) is 3.17. The van der Waals surface area contributed by atoms with Crippen molar-refractivity contribution in [1.82, 2.24) is 9.71 Å². The summed E-state index contributed by atoms with van der Waals surface area (Å²) in [7, 11) is -3.18. The molecule has 112 valence electrons. The maximum Gasteiger partial charge on any atom is 0.231 e. The number of hydrogen-bond acceptors (Lipinski definition) is 6. The van der Waals surface area contributed by atoms with E-state index >= 15 is 0 Å². The Morgan fingerprint density at radius 3 is 2.76 bits per heavy atom. The second-order valence-corrected chi connectivity index (χ2v) is 6.51. The number of hydrogen-bond donors (Lipinski definition) is 2. The van der Waals surface area contributed by atoms with Gasteiger partial charge in [0, 0.05) is 24.7 Å². The van der Waals surface area contributed by atoms with Crippen LogP contribution in [-0.4, -0.2) is 39.5 Å². The minimum Gasteiger partial charge on any atom is -0.454 e. The Bertz CT molecular complexity index is 776. The van der Waals surface area contributed by atoms with Crippen LogP contribution >= 0.6 is 0 Å². The van der Waals surface area contributed by atoms with E-state index in [0.29, 0.717) is 24.7 Å².